The number of methoxy groups -OCH3 is 1. The van der Waals surface area contributed by atoms with Crippen LogP contribution >= 0.6 is 0 Å². The Bertz CT molecular complexity index is 1240. The second-order valence-corrected chi connectivity index (χ2v) is 9.02. The first kappa shape index (κ1) is 25.1. The van der Waals surface area contributed by atoms with Gasteiger partial charge in [-0.05, 0) is 31.4 Å². The van der Waals surface area contributed by atoms with Crippen molar-refractivity contribution in [3.63, 3.8) is 0 Å². The van der Waals surface area contributed by atoms with Crippen molar-refractivity contribution in [3.05, 3.63) is 98.4 Å². The van der Waals surface area contributed by atoms with Gasteiger partial charge in [-0.25, -0.2) is 9.59 Å². The van der Waals surface area contributed by atoms with Crippen LogP contribution in [0.1, 0.15) is 37.3 Å². The van der Waals surface area contributed by atoms with Gasteiger partial charge in [-0.2, -0.15) is 0 Å². The minimum Gasteiger partial charge on any atom is -0.466 e. The summed E-state index contributed by atoms with van der Waals surface area (Å²) in [4.78, 5) is 39.5. The molecule has 2 aliphatic heterocycles. The van der Waals surface area contributed by atoms with Crippen LogP contribution in [0.3, 0.4) is 0 Å². The number of carbonyl (C=O) groups excluding carboxylic acids is 2. The Morgan fingerprint density at radius 1 is 1.06 bits per heavy atom. The maximum atomic E-state index is 13.5. The summed E-state index contributed by atoms with van der Waals surface area (Å²) >= 11 is 0. The van der Waals surface area contributed by atoms with Gasteiger partial charge in [0, 0.05) is 43.2 Å². The second kappa shape index (κ2) is 10.7. The number of ether oxygens (including phenoxy) is 2. The van der Waals surface area contributed by atoms with Crippen molar-refractivity contribution < 1.29 is 24.0 Å². The maximum Gasteiger partial charge on any atom is 0.337 e. The highest BCUT2D eigenvalue weighted by atomic mass is 16.6. The summed E-state index contributed by atoms with van der Waals surface area (Å²) in [5, 5.41) is 14.5. The lowest BCUT2D eigenvalue weighted by Crippen LogP contribution is -2.34. The number of likely N-dealkylation sites (tertiary alicyclic amines) is 1. The van der Waals surface area contributed by atoms with E-state index in [2.05, 4.69) is 22.3 Å². The summed E-state index contributed by atoms with van der Waals surface area (Å²) in [5.74, 6) is -2.05. The summed E-state index contributed by atoms with van der Waals surface area (Å²) in [5.41, 5.74) is 2.99. The SMILES string of the molecule is COC(=O)C1=C(C)NC(C)=C(C(=O)O[C@H]2CCN(Cc3ccccc3)C2)[C@@H]1c1cccc([N+](=O)[O-])c1. The fourth-order valence-corrected chi connectivity index (χ4v) is 4.89. The van der Waals surface area contributed by atoms with Crippen molar-refractivity contribution in [1.82, 2.24) is 10.2 Å². The van der Waals surface area contributed by atoms with E-state index in [4.69, 9.17) is 9.47 Å². The van der Waals surface area contributed by atoms with Gasteiger partial charge in [0.05, 0.1) is 29.1 Å². The molecule has 0 aromatic heterocycles. The molecule has 1 fully saturated rings. The van der Waals surface area contributed by atoms with Crippen molar-refractivity contribution in [2.45, 2.75) is 38.8 Å². The summed E-state index contributed by atoms with van der Waals surface area (Å²) < 4.78 is 10.9. The Balaban J connectivity index is 1.60. The lowest BCUT2D eigenvalue weighted by Gasteiger charge is -2.30. The Morgan fingerprint density at radius 2 is 1.75 bits per heavy atom. The largest absolute Gasteiger partial charge is 0.466 e. The smallest absolute Gasteiger partial charge is 0.337 e. The number of nitro benzene ring substituents is 1. The fraction of sp³-hybridized carbons (Fsp3) is 0.333. The van der Waals surface area contributed by atoms with Crippen LogP contribution in [-0.2, 0) is 25.6 Å². The van der Waals surface area contributed by atoms with E-state index in [-0.39, 0.29) is 22.9 Å². The molecule has 2 aromatic carbocycles. The number of benzene rings is 2. The molecule has 4 rings (SSSR count). The van der Waals surface area contributed by atoms with Gasteiger partial charge in [0.15, 0.2) is 0 Å². The fourth-order valence-electron chi connectivity index (χ4n) is 4.89. The number of esters is 2. The molecule has 0 saturated carbocycles. The lowest BCUT2D eigenvalue weighted by atomic mass is 9.80. The quantitative estimate of drug-likeness (QED) is 0.354. The average molecular weight is 492 g/mol. The van der Waals surface area contributed by atoms with Gasteiger partial charge in [0.1, 0.15) is 6.10 Å². The van der Waals surface area contributed by atoms with E-state index in [0.29, 0.717) is 29.9 Å². The van der Waals surface area contributed by atoms with E-state index in [9.17, 15) is 19.7 Å². The van der Waals surface area contributed by atoms with Crippen LogP contribution in [0.4, 0.5) is 5.69 Å². The molecule has 0 aliphatic carbocycles. The summed E-state index contributed by atoms with van der Waals surface area (Å²) in [6.07, 6.45) is 0.388. The molecule has 1 saturated heterocycles. The number of hydrogen-bond acceptors (Lipinski definition) is 8. The van der Waals surface area contributed by atoms with E-state index >= 15 is 0 Å². The highest BCUT2D eigenvalue weighted by Gasteiger charge is 2.39. The first-order valence-electron chi connectivity index (χ1n) is 11.8. The number of carbonyl (C=O) groups is 2. The van der Waals surface area contributed by atoms with Crippen LogP contribution in [0.5, 0.6) is 0 Å². The number of nitrogens with one attached hydrogen (secondary N) is 1. The third-order valence-electron chi connectivity index (χ3n) is 6.55. The topological polar surface area (TPSA) is 111 Å². The van der Waals surface area contributed by atoms with Crippen LogP contribution in [-0.4, -0.2) is 48.1 Å². The zero-order valence-electron chi connectivity index (χ0n) is 20.5. The van der Waals surface area contributed by atoms with Crippen LogP contribution in [0.2, 0.25) is 0 Å². The first-order chi connectivity index (χ1) is 17.3. The van der Waals surface area contributed by atoms with Crippen LogP contribution in [0, 0.1) is 10.1 Å². The molecule has 1 N–H and O–H groups in total. The Kier molecular flexibility index (Phi) is 7.49. The molecule has 9 heteroatoms. The zero-order chi connectivity index (χ0) is 25.8. The summed E-state index contributed by atoms with van der Waals surface area (Å²) in [6.45, 7) is 5.60. The van der Waals surface area contributed by atoms with E-state index in [1.807, 2.05) is 18.2 Å². The minimum absolute atomic E-state index is 0.134. The number of hydrogen-bond donors (Lipinski definition) is 1. The molecule has 2 aromatic rings. The number of rotatable bonds is 7. The van der Waals surface area contributed by atoms with Crippen molar-refractivity contribution >= 4 is 17.6 Å². The van der Waals surface area contributed by atoms with Crippen molar-refractivity contribution in [3.8, 4) is 0 Å². The highest BCUT2D eigenvalue weighted by Crippen LogP contribution is 2.40. The molecule has 2 heterocycles. The normalized spacial score (nSPS) is 20.2. The molecule has 0 bridgehead atoms. The van der Waals surface area contributed by atoms with E-state index in [1.54, 1.807) is 19.9 Å². The summed E-state index contributed by atoms with van der Waals surface area (Å²) in [7, 11) is 1.26. The molecule has 0 spiro atoms. The van der Waals surface area contributed by atoms with Crippen molar-refractivity contribution in [2.75, 3.05) is 20.2 Å². The molecular formula is C27H29N3O6. The van der Waals surface area contributed by atoms with Gasteiger partial charge in [0.25, 0.3) is 5.69 Å². The number of allylic oxidation sites excluding steroid dienone is 2. The van der Waals surface area contributed by atoms with Crippen molar-refractivity contribution in [2.24, 2.45) is 0 Å². The second-order valence-electron chi connectivity index (χ2n) is 9.02. The average Bonchev–Trinajstić information content (AvgIpc) is 3.30. The van der Waals surface area contributed by atoms with Gasteiger partial charge in [-0.1, -0.05) is 42.5 Å². The zero-order valence-corrected chi connectivity index (χ0v) is 20.5. The first-order valence-corrected chi connectivity index (χ1v) is 11.8. The predicted molar refractivity (Wildman–Crippen MR) is 133 cm³/mol. The number of non-ortho nitro benzene ring substituents is 1. The van der Waals surface area contributed by atoms with Crippen molar-refractivity contribution in [1.29, 1.82) is 0 Å². The van der Waals surface area contributed by atoms with Crippen LogP contribution in [0.15, 0.2) is 77.1 Å². The van der Waals surface area contributed by atoms with E-state index < -0.39 is 22.8 Å². The molecule has 188 valence electrons. The summed E-state index contributed by atoms with van der Waals surface area (Å²) in [6, 6.07) is 16.0. The number of nitrogens with zero attached hydrogens (tertiary/aromatic N) is 2. The van der Waals surface area contributed by atoms with Gasteiger partial charge in [-0.3, -0.25) is 15.0 Å². The molecule has 0 radical (unpaired) electrons. The number of nitro groups is 1. The molecular weight excluding hydrogens is 462 g/mol. The Labute approximate surface area is 209 Å². The third kappa shape index (κ3) is 5.31. The third-order valence-corrected chi connectivity index (χ3v) is 6.55. The molecule has 2 aliphatic rings. The lowest BCUT2D eigenvalue weighted by molar-refractivity contribution is -0.384. The molecule has 36 heavy (non-hydrogen) atoms. The maximum absolute atomic E-state index is 13.5. The molecule has 9 nitrogen and oxygen atoms in total. The van der Waals surface area contributed by atoms with Crippen LogP contribution < -0.4 is 5.32 Å². The van der Waals surface area contributed by atoms with E-state index in [1.165, 1.54) is 30.9 Å². The van der Waals surface area contributed by atoms with Gasteiger partial charge in [0.2, 0.25) is 0 Å². The van der Waals surface area contributed by atoms with E-state index in [0.717, 1.165) is 13.1 Å². The highest BCUT2D eigenvalue weighted by molar-refractivity contribution is 6.00. The monoisotopic (exact) mass is 491 g/mol. The Morgan fingerprint density at radius 3 is 2.42 bits per heavy atom. The van der Waals surface area contributed by atoms with Gasteiger partial charge in [-0.15, -0.1) is 0 Å². The van der Waals surface area contributed by atoms with Gasteiger partial charge >= 0.3 is 11.9 Å². The predicted octanol–water partition coefficient (Wildman–Crippen LogP) is 3.82. The molecule has 0 amide bonds. The standard InChI is InChI=1S/C27H29N3O6/c1-17-23(26(31)35-3)25(20-10-7-11-21(14-20)30(33)34)24(18(2)28-17)27(32)36-22-12-13-29(16-22)15-19-8-5-4-6-9-19/h4-11,14,22,25,28H,12-13,15-16H2,1-3H3/t22-,25+/m0/s1. The molecule has 0 unspecified atom stereocenters. The van der Waals surface area contributed by atoms with Gasteiger partial charge < -0.3 is 14.8 Å². The minimum atomic E-state index is -0.868. The van der Waals surface area contributed by atoms with Crippen LogP contribution in [0.25, 0.3) is 0 Å². The number of dihydropyridines is 1. The Hall–Kier alpha value is -3.98. The molecule has 2 atom stereocenters.